The highest BCUT2D eigenvalue weighted by molar-refractivity contribution is 7.99. The molecule has 0 aliphatic carbocycles. The molecule has 0 aliphatic rings. The molecule has 23 heavy (non-hydrogen) atoms. The maximum atomic E-state index is 5.81. The molecule has 0 aromatic heterocycles. The summed E-state index contributed by atoms with van der Waals surface area (Å²) >= 11 is 7.53. The third kappa shape index (κ3) is 4.82. The molecule has 0 radical (unpaired) electrons. The number of hydrogen-bond acceptors (Lipinski definition) is 3. The van der Waals surface area contributed by atoms with Crippen molar-refractivity contribution < 1.29 is 9.47 Å². The van der Waals surface area contributed by atoms with Crippen LogP contribution in [0.25, 0.3) is 0 Å². The van der Waals surface area contributed by atoms with E-state index >= 15 is 0 Å². The van der Waals surface area contributed by atoms with Gasteiger partial charge in [0.05, 0.1) is 19.1 Å². The topological polar surface area (TPSA) is 18.5 Å². The number of alkyl halides is 1. The van der Waals surface area contributed by atoms with Crippen LogP contribution in [-0.4, -0.2) is 20.1 Å². The van der Waals surface area contributed by atoms with Crippen LogP contribution in [0.5, 0.6) is 11.5 Å². The maximum Gasteiger partial charge on any atom is 0.174 e. The van der Waals surface area contributed by atoms with Gasteiger partial charge in [0.2, 0.25) is 0 Å². The summed E-state index contributed by atoms with van der Waals surface area (Å²) in [5.41, 5.74) is 2.53. The molecule has 124 valence electrons. The van der Waals surface area contributed by atoms with Gasteiger partial charge in [-0.3, -0.25) is 0 Å². The molecular weight excluding hydrogens is 328 g/mol. The second-order valence-corrected chi connectivity index (χ2v) is 6.81. The van der Waals surface area contributed by atoms with Crippen LogP contribution in [0.15, 0.2) is 46.2 Å². The first-order valence-corrected chi connectivity index (χ1v) is 9.09. The van der Waals surface area contributed by atoms with E-state index in [2.05, 4.69) is 37.3 Å². The van der Waals surface area contributed by atoms with Crippen LogP contribution in [-0.2, 0) is 6.42 Å². The Morgan fingerprint density at radius 1 is 0.957 bits per heavy atom. The summed E-state index contributed by atoms with van der Waals surface area (Å²) in [6, 6.07) is 12.6. The first kappa shape index (κ1) is 18.0. The zero-order chi connectivity index (χ0) is 16.7. The Hall–Kier alpha value is -1.32. The second kappa shape index (κ2) is 9.09. The summed E-state index contributed by atoms with van der Waals surface area (Å²) in [4.78, 5) is 2.33. The van der Waals surface area contributed by atoms with Gasteiger partial charge in [-0.2, -0.15) is 0 Å². The molecule has 2 nitrogen and oxygen atoms in total. The number of benzene rings is 2. The molecule has 0 heterocycles. The predicted octanol–water partition coefficient (Wildman–Crippen LogP) is 5.72. The van der Waals surface area contributed by atoms with E-state index in [9.17, 15) is 0 Å². The molecule has 0 spiro atoms. The number of ether oxygens (including phenoxy) is 2. The molecule has 0 bridgehead atoms. The van der Waals surface area contributed by atoms with Crippen molar-refractivity contribution in [3.8, 4) is 11.5 Å². The Morgan fingerprint density at radius 3 is 2.30 bits per heavy atom. The summed E-state index contributed by atoms with van der Waals surface area (Å²) in [5.74, 6) is 2.28. The average Bonchev–Trinajstić information content (AvgIpc) is 2.57. The van der Waals surface area contributed by atoms with Crippen molar-refractivity contribution in [2.24, 2.45) is 0 Å². The van der Waals surface area contributed by atoms with Crippen LogP contribution < -0.4 is 9.47 Å². The molecule has 0 atom stereocenters. The number of unbranched alkanes of at least 4 members (excludes halogenated alkanes) is 1. The summed E-state index contributed by atoms with van der Waals surface area (Å²) in [6.07, 6.45) is 3.08. The lowest BCUT2D eigenvalue weighted by Gasteiger charge is -2.16. The van der Waals surface area contributed by atoms with E-state index in [-0.39, 0.29) is 0 Å². The fourth-order valence-corrected chi connectivity index (χ4v) is 3.66. The summed E-state index contributed by atoms with van der Waals surface area (Å²) in [7, 11) is 3.37. The normalized spacial score (nSPS) is 10.6. The number of rotatable bonds is 8. The Bertz CT molecular complexity index is 626. The van der Waals surface area contributed by atoms with Crippen LogP contribution in [0, 0.1) is 6.92 Å². The summed E-state index contributed by atoms with van der Waals surface area (Å²) in [5, 5.41) is 0. The highest BCUT2D eigenvalue weighted by Gasteiger charge is 2.16. The van der Waals surface area contributed by atoms with Gasteiger partial charge in [-0.25, -0.2) is 0 Å². The van der Waals surface area contributed by atoms with Crippen molar-refractivity contribution >= 4 is 23.4 Å². The number of methoxy groups -OCH3 is 2. The summed E-state index contributed by atoms with van der Waals surface area (Å²) < 4.78 is 11.1. The molecule has 4 heteroatoms. The minimum Gasteiger partial charge on any atom is -0.493 e. The van der Waals surface area contributed by atoms with Gasteiger partial charge in [-0.15, -0.1) is 11.6 Å². The van der Waals surface area contributed by atoms with E-state index in [4.69, 9.17) is 21.1 Å². The second-order valence-electron chi connectivity index (χ2n) is 5.35. The Morgan fingerprint density at radius 2 is 1.70 bits per heavy atom. The van der Waals surface area contributed by atoms with Gasteiger partial charge in [0.25, 0.3) is 0 Å². The summed E-state index contributed by atoms with van der Waals surface area (Å²) in [6.45, 7) is 2.10. The average molecular weight is 351 g/mol. The fourth-order valence-electron chi connectivity index (χ4n) is 2.38. The van der Waals surface area contributed by atoms with E-state index < -0.39 is 0 Å². The predicted molar refractivity (Wildman–Crippen MR) is 98.5 cm³/mol. The number of hydrogen-bond donors (Lipinski definition) is 0. The molecule has 0 unspecified atom stereocenters. The molecule has 0 amide bonds. The molecule has 0 saturated heterocycles. The molecule has 2 aromatic carbocycles. The minimum absolute atomic E-state index is 0.702. The number of aryl methyl sites for hydroxylation is 2. The molecule has 0 fully saturated rings. The largest absolute Gasteiger partial charge is 0.493 e. The lowest BCUT2D eigenvalue weighted by Crippen LogP contribution is -1.97. The van der Waals surface area contributed by atoms with Crippen molar-refractivity contribution in [1.82, 2.24) is 0 Å². The standard InChI is InChI=1S/C19H23ClO2S/c1-14-7-10-16(11-8-14)23-19-15(6-4-5-13-20)9-12-17(21-2)18(19)22-3/h7-12H,4-6,13H2,1-3H3. The molecule has 2 aromatic rings. The molecule has 0 aliphatic heterocycles. The maximum absolute atomic E-state index is 5.81. The van der Waals surface area contributed by atoms with Crippen LogP contribution in [0.3, 0.4) is 0 Å². The van der Waals surface area contributed by atoms with Gasteiger partial charge >= 0.3 is 0 Å². The Labute approximate surface area is 148 Å². The van der Waals surface area contributed by atoms with Gasteiger partial charge in [0.15, 0.2) is 11.5 Å². The van der Waals surface area contributed by atoms with Crippen molar-refractivity contribution in [1.29, 1.82) is 0 Å². The van der Waals surface area contributed by atoms with Gasteiger partial charge in [0, 0.05) is 10.8 Å². The smallest absolute Gasteiger partial charge is 0.174 e. The monoisotopic (exact) mass is 350 g/mol. The van der Waals surface area contributed by atoms with Crippen molar-refractivity contribution in [3.63, 3.8) is 0 Å². The highest BCUT2D eigenvalue weighted by Crippen LogP contribution is 2.43. The van der Waals surface area contributed by atoms with Gasteiger partial charge in [-0.1, -0.05) is 35.5 Å². The highest BCUT2D eigenvalue weighted by atomic mass is 35.5. The third-order valence-electron chi connectivity index (χ3n) is 3.65. The Balaban J connectivity index is 2.36. The Kier molecular flexibility index (Phi) is 7.13. The molecule has 0 N–H and O–H groups in total. The van der Waals surface area contributed by atoms with Gasteiger partial charge in [-0.05, 0) is 49.9 Å². The lowest BCUT2D eigenvalue weighted by atomic mass is 10.1. The van der Waals surface area contributed by atoms with Crippen LogP contribution in [0.2, 0.25) is 0 Å². The lowest BCUT2D eigenvalue weighted by molar-refractivity contribution is 0.347. The van der Waals surface area contributed by atoms with Crippen LogP contribution in [0.4, 0.5) is 0 Å². The van der Waals surface area contributed by atoms with Crippen LogP contribution in [0.1, 0.15) is 24.0 Å². The third-order valence-corrected chi connectivity index (χ3v) is 5.08. The van der Waals surface area contributed by atoms with E-state index in [0.29, 0.717) is 5.88 Å². The van der Waals surface area contributed by atoms with Gasteiger partial charge < -0.3 is 9.47 Å². The van der Waals surface area contributed by atoms with Crippen LogP contribution >= 0.6 is 23.4 Å². The number of halogens is 1. The zero-order valence-corrected chi connectivity index (χ0v) is 15.5. The SMILES string of the molecule is COc1ccc(CCCCCl)c(Sc2ccc(C)cc2)c1OC. The van der Waals surface area contributed by atoms with E-state index in [0.717, 1.165) is 35.7 Å². The quantitative estimate of drug-likeness (QED) is 0.447. The van der Waals surface area contributed by atoms with Gasteiger partial charge in [0.1, 0.15) is 0 Å². The van der Waals surface area contributed by atoms with E-state index in [1.54, 1.807) is 26.0 Å². The first-order chi connectivity index (χ1) is 11.2. The van der Waals surface area contributed by atoms with Crippen molar-refractivity contribution in [2.45, 2.75) is 36.0 Å². The van der Waals surface area contributed by atoms with Crippen molar-refractivity contribution in [2.75, 3.05) is 20.1 Å². The van der Waals surface area contributed by atoms with E-state index in [1.807, 2.05) is 6.07 Å². The zero-order valence-electron chi connectivity index (χ0n) is 13.9. The minimum atomic E-state index is 0.702. The van der Waals surface area contributed by atoms with Crippen molar-refractivity contribution in [3.05, 3.63) is 47.5 Å². The first-order valence-electron chi connectivity index (χ1n) is 7.74. The molecular formula is C19H23ClO2S. The van der Waals surface area contributed by atoms with E-state index in [1.165, 1.54) is 16.0 Å². The fraction of sp³-hybridized carbons (Fsp3) is 0.368. The molecule has 2 rings (SSSR count). The molecule has 0 saturated carbocycles.